The highest BCUT2D eigenvalue weighted by Crippen LogP contribution is 2.23. The lowest BCUT2D eigenvalue weighted by atomic mass is 10.1. The van der Waals surface area contributed by atoms with Crippen molar-refractivity contribution in [2.24, 2.45) is 12.8 Å². The number of imidazole rings is 1. The van der Waals surface area contributed by atoms with Crippen molar-refractivity contribution >= 4 is 23.1 Å². The Labute approximate surface area is 202 Å². The Hall–Kier alpha value is -3.66. The molecule has 1 unspecified atom stereocenters. The number of carbonyl (C=O) groups is 1. The minimum Gasteiger partial charge on any atom is -0.478 e. The third kappa shape index (κ3) is 4.93. The van der Waals surface area contributed by atoms with E-state index < -0.39 is 11.7 Å². The third-order valence-electron chi connectivity index (χ3n) is 6.46. The van der Waals surface area contributed by atoms with E-state index in [1.54, 1.807) is 19.2 Å². The number of rotatable bonds is 7. The summed E-state index contributed by atoms with van der Waals surface area (Å²) >= 11 is 0. The monoisotopic (exact) mass is 480 g/mol. The van der Waals surface area contributed by atoms with Crippen molar-refractivity contribution in [1.82, 2.24) is 18.7 Å². The van der Waals surface area contributed by atoms with Crippen LogP contribution in [0.15, 0.2) is 45.5 Å². The van der Waals surface area contributed by atoms with Gasteiger partial charge in [-0.15, -0.1) is 0 Å². The highest BCUT2D eigenvalue weighted by atomic mass is 16.4. The van der Waals surface area contributed by atoms with Crippen molar-refractivity contribution < 1.29 is 9.90 Å². The van der Waals surface area contributed by atoms with Gasteiger partial charge in [0.15, 0.2) is 11.2 Å². The Morgan fingerprint density at radius 1 is 1.20 bits per heavy atom. The molecule has 0 saturated carbocycles. The van der Waals surface area contributed by atoms with Crippen molar-refractivity contribution in [2.75, 3.05) is 18.0 Å². The average Bonchev–Trinajstić information content (AvgIpc) is 3.21. The molecular weight excluding hydrogens is 448 g/mol. The Kier molecular flexibility index (Phi) is 6.93. The van der Waals surface area contributed by atoms with Gasteiger partial charge in [-0.05, 0) is 50.8 Å². The fraction of sp³-hybridized carbons (Fsp3) is 0.440. The van der Waals surface area contributed by atoms with Crippen LogP contribution in [0.25, 0.3) is 11.2 Å². The zero-order valence-electron chi connectivity index (χ0n) is 20.4. The van der Waals surface area contributed by atoms with Crippen molar-refractivity contribution in [3.05, 3.63) is 67.9 Å². The molecule has 3 heterocycles. The summed E-state index contributed by atoms with van der Waals surface area (Å²) < 4.78 is 4.55. The first-order chi connectivity index (χ1) is 16.7. The number of nitrogens with zero attached hydrogens (tertiary/aromatic N) is 5. The molecule has 1 aliphatic heterocycles. The second kappa shape index (κ2) is 9.91. The van der Waals surface area contributed by atoms with Crippen molar-refractivity contribution in [3.63, 3.8) is 0 Å². The molecule has 1 saturated heterocycles. The van der Waals surface area contributed by atoms with E-state index in [1.807, 2.05) is 24.5 Å². The summed E-state index contributed by atoms with van der Waals surface area (Å²) in [6.45, 7) is 6.07. The predicted octanol–water partition coefficient (Wildman–Crippen LogP) is 1.73. The van der Waals surface area contributed by atoms with Crippen LogP contribution >= 0.6 is 0 Å². The molecule has 1 atom stereocenters. The minimum absolute atomic E-state index is 0.0356. The summed E-state index contributed by atoms with van der Waals surface area (Å²) in [6, 6.07) is 6.48. The second-order valence-electron chi connectivity index (χ2n) is 9.37. The topological polar surface area (TPSA) is 128 Å². The number of nitrogens with two attached hydrogens (primary N) is 1. The van der Waals surface area contributed by atoms with Gasteiger partial charge in [0.05, 0.1) is 5.56 Å². The molecule has 3 aromatic rings. The van der Waals surface area contributed by atoms with Crippen molar-refractivity contribution in [3.8, 4) is 0 Å². The Morgan fingerprint density at radius 3 is 2.54 bits per heavy atom. The molecule has 0 bridgehead atoms. The Balaban J connectivity index is 1.78. The molecule has 1 aliphatic rings. The number of piperidine rings is 1. The molecule has 186 valence electrons. The quantitative estimate of drug-likeness (QED) is 0.493. The number of carboxylic acids is 1. The molecule has 1 fully saturated rings. The molecule has 35 heavy (non-hydrogen) atoms. The van der Waals surface area contributed by atoms with E-state index in [0.29, 0.717) is 36.6 Å². The van der Waals surface area contributed by atoms with Gasteiger partial charge in [0.2, 0.25) is 5.95 Å². The van der Waals surface area contributed by atoms with E-state index in [4.69, 9.17) is 15.8 Å². The first kappa shape index (κ1) is 24.5. The van der Waals surface area contributed by atoms with E-state index in [1.165, 1.54) is 21.3 Å². The Bertz CT molecular complexity index is 1390. The maximum Gasteiger partial charge on any atom is 0.335 e. The number of fused-ring (bicyclic) bond motifs is 1. The van der Waals surface area contributed by atoms with Gasteiger partial charge in [-0.2, -0.15) is 4.98 Å². The lowest BCUT2D eigenvalue weighted by molar-refractivity contribution is 0.0697. The highest BCUT2D eigenvalue weighted by molar-refractivity contribution is 5.87. The molecule has 0 amide bonds. The summed E-state index contributed by atoms with van der Waals surface area (Å²) in [4.78, 5) is 44.7. The molecule has 3 N–H and O–H groups in total. The SMILES string of the molecule is CC(C)=CCn1c(N2CCCC(N)C2)nc2c1c(=O)n(CCc1ccc(C(=O)O)cc1)c(=O)n2C. The van der Waals surface area contributed by atoms with Crippen LogP contribution in [0.5, 0.6) is 0 Å². The van der Waals surface area contributed by atoms with Crippen LogP contribution in [0, 0.1) is 0 Å². The van der Waals surface area contributed by atoms with Crippen LogP contribution in [0.2, 0.25) is 0 Å². The van der Waals surface area contributed by atoms with Gasteiger partial charge < -0.3 is 20.3 Å². The number of aromatic carboxylic acids is 1. The van der Waals surface area contributed by atoms with Crippen LogP contribution in [0.4, 0.5) is 5.95 Å². The van der Waals surface area contributed by atoms with Gasteiger partial charge in [0, 0.05) is 39.3 Å². The zero-order valence-corrected chi connectivity index (χ0v) is 20.4. The third-order valence-corrected chi connectivity index (χ3v) is 6.46. The van der Waals surface area contributed by atoms with Gasteiger partial charge in [-0.1, -0.05) is 23.8 Å². The van der Waals surface area contributed by atoms with Crippen LogP contribution in [-0.4, -0.2) is 48.9 Å². The predicted molar refractivity (Wildman–Crippen MR) is 135 cm³/mol. The summed E-state index contributed by atoms with van der Waals surface area (Å²) in [5.41, 5.74) is 8.29. The minimum atomic E-state index is -0.998. The van der Waals surface area contributed by atoms with Gasteiger partial charge >= 0.3 is 11.7 Å². The number of aromatic nitrogens is 4. The van der Waals surface area contributed by atoms with Crippen LogP contribution in [0.3, 0.4) is 0 Å². The number of anilines is 1. The van der Waals surface area contributed by atoms with Crippen molar-refractivity contribution in [1.29, 1.82) is 0 Å². The van der Waals surface area contributed by atoms with E-state index in [9.17, 15) is 14.4 Å². The van der Waals surface area contributed by atoms with E-state index in [2.05, 4.69) is 4.90 Å². The molecule has 2 aromatic heterocycles. The maximum absolute atomic E-state index is 13.6. The molecule has 0 spiro atoms. The molecule has 0 aliphatic carbocycles. The molecule has 0 radical (unpaired) electrons. The van der Waals surface area contributed by atoms with Crippen molar-refractivity contribution in [2.45, 2.75) is 52.2 Å². The number of carboxylic acid groups (broad SMARTS) is 1. The number of hydrogen-bond donors (Lipinski definition) is 2. The van der Waals surface area contributed by atoms with E-state index >= 15 is 0 Å². The first-order valence-corrected chi connectivity index (χ1v) is 11.8. The van der Waals surface area contributed by atoms with Crippen LogP contribution in [-0.2, 0) is 26.6 Å². The first-order valence-electron chi connectivity index (χ1n) is 11.8. The standard InChI is InChI=1S/C25H32N6O4/c1-16(2)10-13-30-20-21(27-24(30)29-12-4-5-19(26)15-29)28(3)25(35)31(22(20)32)14-11-17-6-8-18(9-7-17)23(33)34/h6-10,19H,4-5,11-15,26H2,1-3H3,(H,33,34). The van der Waals surface area contributed by atoms with Crippen LogP contribution in [0.1, 0.15) is 42.6 Å². The van der Waals surface area contributed by atoms with Gasteiger partial charge in [-0.3, -0.25) is 13.9 Å². The Morgan fingerprint density at radius 2 is 1.91 bits per heavy atom. The summed E-state index contributed by atoms with van der Waals surface area (Å²) in [7, 11) is 1.63. The second-order valence-corrected chi connectivity index (χ2v) is 9.37. The maximum atomic E-state index is 13.6. The normalized spacial score (nSPS) is 16.0. The summed E-state index contributed by atoms with van der Waals surface area (Å²) in [5.74, 6) is -0.344. The van der Waals surface area contributed by atoms with Crippen LogP contribution < -0.4 is 21.9 Å². The fourth-order valence-electron chi connectivity index (χ4n) is 4.49. The molecule has 1 aromatic carbocycles. The number of benzene rings is 1. The van der Waals surface area contributed by atoms with Gasteiger partial charge in [0.25, 0.3) is 5.56 Å². The largest absolute Gasteiger partial charge is 0.478 e. The lowest BCUT2D eigenvalue weighted by Gasteiger charge is -2.31. The van der Waals surface area contributed by atoms with Gasteiger partial charge in [-0.25, -0.2) is 9.59 Å². The number of allylic oxidation sites excluding steroid dienone is 2. The average molecular weight is 481 g/mol. The molecule has 10 heteroatoms. The summed E-state index contributed by atoms with van der Waals surface area (Å²) in [5, 5.41) is 9.09. The zero-order chi connectivity index (χ0) is 25.3. The molecular formula is C25H32N6O4. The molecule has 4 rings (SSSR count). The van der Waals surface area contributed by atoms with E-state index in [-0.39, 0.29) is 23.7 Å². The number of hydrogen-bond acceptors (Lipinski definition) is 6. The summed E-state index contributed by atoms with van der Waals surface area (Å²) in [6.07, 6.45) is 4.34. The fourth-order valence-corrected chi connectivity index (χ4v) is 4.49. The van der Waals surface area contributed by atoms with E-state index in [0.717, 1.165) is 30.5 Å². The molecule has 10 nitrogen and oxygen atoms in total. The number of aryl methyl sites for hydroxylation is 2. The lowest BCUT2D eigenvalue weighted by Crippen LogP contribution is -2.44. The highest BCUT2D eigenvalue weighted by Gasteiger charge is 2.26. The smallest absolute Gasteiger partial charge is 0.335 e. The van der Waals surface area contributed by atoms with Gasteiger partial charge in [0.1, 0.15) is 0 Å².